The highest BCUT2D eigenvalue weighted by molar-refractivity contribution is 7.89. The summed E-state index contributed by atoms with van der Waals surface area (Å²) in [6, 6.07) is 16.1. The van der Waals surface area contributed by atoms with Crippen LogP contribution in [0.1, 0.15) is 18.6 Å². The molecule has 1 fully saturated rings. The molecular weight excluding hydrogens is 378 g/mol. The molecule has 150 valence electrons. The molecule has 1 aliphatic heterocycles. The van der Waals surface area contributed by atoms with Crippen LogP contribution in [-0.4, -0.2) is 52.0 Å². The third-order valence-corrected chi connectivity index (χ3v) is 6.00. The van der Waals surface area contributed by atoms with Crippen molar-refractivity contribution in [3.05, 3.63) is 60.2 Å². The maximum Gasteiger partial charge on any atom is 0.240 e. The van der Waals surface area contributed by atoms with Gasteiger partial charge in [0.25, 0.3) is 0 Å². The van der Waals surface area contributed by atoms with Gasteiger partial charge in [-0.1, -0.05) is 30.3 Å². The van der Waals surface area contributed by atoms with Gasteiger partial charge in [-0.15, -0.1) is 0 Å². The average Bonchev–Trinajstić information content (AvgIpc) is 2.69. The number of nitrogens with zero attached hydrogens (tertiary/aromatic N) is 1. The lowest BCUT2D eigenvalue weighted by molar-refractivity contribution is -0.114. The van der Waals surface area contributed by atoms with E-state index in [1.165, 1.54) is 19.1 Å². The van der Waals surface area contributed by atoms with Gasteiger partial charge in [-0.25, -0.2) is 13.1 Å². The molecular formula is C20H25N3O4S. The molecule has 1 heterocycles. The van der Waals surface area contributed by atoms with Gasteiger partial charge in [0.2, 0.25) is 15.9 Å². The minimum absolute atomic E-state index is 0.00729. The fraction of sp³-hybridized carbons (Fsp3) is 0.350. The molecule has 0 saturated carbocycles. The Morgan fingerprint density at radius 2 is 1.86 bits per heavy atom. The first-order valence-corrected chi connectivity index (χ1v) is 10.7. The number of hydrogen-bond donors (Lipinski definition) is 2. The van der Waals surface area contributed by atoms with Crippen molar-refractivity contribution < 1.29 is 17.9 Å². The SMILES string of the molecule is CC(=O)Nc1ccc(S(=O)(=O)NCCN2CCO[C@H](c3ccccc3)C2)cc1. The standard InChI is InChI=1S/C20H25N3O4S/c1-16(24)22-18-7-9-19(10-8-18)28(25,26)21-11-12-23-13-14-27-20(15-23)17-5-3-2-4-6-17/h2-10,20-21H,11-15H2,1H3,(H,22,24)/t20-/m0/s1. The molecule has 0 unspecified atom stereocenters. The van der Waals surface area contributed by atoms with Crippen molar-refractivity contribution in [2.75, 3.05) is 38.1 Å². The van der Waals surface area contributed by atoms with Gasteiger partial charge in [0.15, 0.2) is 0 Å². The highest BCUT2D eigenvalue weighted by atomic mass is 32.2. The van der Waals surface area contributed by atoms with Crippen LogP contribution in [-0.2, 0) is 19.6 Å². The first kappa shape index (κ1) is 20.5. The van der Waals surface area contributed by atoms with Crippen LogP contribution in [0.3, 0.4) is 0 Å². The Hall–Kier alpha value is -2.26. The van der Waals surface area contributed by atoms with Crippen LogP contribution in [0.2, 0.25) is 0 Å². The van der Waals surface area contributed by atoms with E-state index < -0.39 is 10.0 Å². The van der Waals surface area contributed by atoms with Gasteiger partial charge in [0.05, 0.1) is 17.6 Å². The quantitative estimate of drug-likeness (QED) is 0.738. The normalized spacial score (nSPS) is 18.0. The number of carbonyl (C=O) groups excluding carboxylic acids is 1. The minimum Gasteiger partial charge on any atom is -0.371 e. The van der Waals surface area contributed by atoms with Gasteiger partial charge in [0.1, 0.15) is 0 Å². The molecule has 1 aliphatic rings. The molecule has 2 N–H and O–H groups in total. The highest BCUT2D eigenvalue weighted by Crippen LogP contribution is 2.21. The predicted molar refractivity (Wildman–Crippen MR) is 108 cm³/mol. The molecule has 0 aromatic heterocycles. The smallest absolute Gasteiger partial charge is 0.240 e. The summed E-state index contributed by atoms with van der Waals surface area (Å²) in [5.74, 6) is -0.201. The largest absolute Gasteiger partial charge is 0.371 e. The molecule has 0 aliphatic carbocycles. The lowest BCUT2D eigenvalue weighted by Gasteiger charge is -2.33. The summed E-state index contributed by atoms with van der Waals surface area (Å²) in [5.41, 5.74) is 1.69. The molecule has 2 aromatic rings. The van der Waals surface area contributed by atoms with Gasteiger partial charge in [0, 0.05) is 38.8 Å². The number of sulfonamides is 1. The van der Waals surface area contributed by atoms with Crippen LogP contribution in [0, 0.1) is 0 Å². The molecule has 0 bridgehead atoms. The van der Waals surface area contributed by atoms with E-state index in [0.29, 0.717) is 25.4 Å². The Balaban J connectivity index is 1.51. The van der Waals surface area contributed by atoms with Crippen LogP contribution in [0.25, 0.3) is 0 Å². The van der Waals surface area contributed by atoms with E-state index in [2.05, 4.69) is 14.9 Å². The molecule has 2 aromatic carbocycles. The first-order chi connectivity index (χ1) is 13.4. The van der Waals surface area contributed by atoms with Crippen molar-refractivity contribution >= 4 is 21.6 Å². The van der Waals surface area contributed by atoms with Crippen molar-refractivity contribution in [1.29, 1.82) is 0 Å². The Labute approximate surface area is 165 Å². The predicted octanol–water partition coefficient (Wildman–Crippen LogP) is 2.00. The molecule has 7 nitrogen and oxygen atoms in total. The summed E-state index contributed by atoms with van der Waals surface area (Å²) in [7, 11) is -3.59. The van der Waals surface area contributed by atoms with E-state index in [1.54, 1.807) is 12.1 Å². The molecule has 28 heavy (non-hydrogen) atoms. The zero-order chi connectivity index (χ0) is 20.0. The monoisotopic (exact) mass is 403 g/mol. The summed E-state index contributed by atoms with van der Waals surface area (Å²) in [4.78, 5) is 13.4. The number of anilines is 1. The molecule has 0 radical (unpaired) electrons. The number of amides is 1. The molecule has 0 spiro atoms. The zero-order valence-electron chi connectivity index (χ0n) is 15.8. The third-order valence-electron chi connectivity index (χ3n) is 4.53. The fourth-order valence-corrected chi connectivity index (χ4v) is 4.14. The van der Waals surface area contributed by atoms with Crippen molar-refractivity contribution in [3.63, 3.8) is 0 Å². The number of rotatable bonds is 7. The Morgan fingerprint density at radius 3 is 2.54 bits per heavy atom. The van der Waals surface area contributed by atoms with Crippen LogP contribution < -0.4 is 10.0 Å². The molecule has 1 saturated heterocycles. The van der Waals surface area contributed by atoms with E-state index in [9.17, 15) is 13.2 Å². The van der Waals surface area contributed by atoms with E-state index in [1.807, 2.05) is 30.3 Å². The van der Waals surface area contributed by atoms with Crippen molar-refractivity contribution in [2.24, 2.45) is 0 Å². The lowest BCUT2D eigenvalue weighted by Crippen LogP contribution is -2.42. The first-order valence-electron chi connectivity index (χ1n) is 9.20. The van der Waals surface area contributed by atoms with E-state index >= 15 is 0 Å². The topological polar surface area (TPSA) is 87.7 Å². The minimum atomic E-state index is -3.59. The molecule has 3 rings (SSSR count). The number of benzene rings is 2. The number of ether oxygens (including phenoxy) is 1. The highest BCUT2D eigenvalue weighted by Gasteiger charge is 2.22. The summed E-state index contributed by atoms with van der Waals surface area (Å²) >= 11 is 0. The second-order valence-electron chi connectivity index (χ2n) is 6.67. The van der Waals surface area contributed by atoms with Crippen molar-refractivity contribution in [3.8, 4) is 0 Å². The summed E-state index contributed by atoms with van der Waals surface area (Å²) in [5, 5.41) is 2.61. The Bertz CT molecular complexity index is 885. The van der Waals surface area contributed by atoms with Crippen molar-refractivity contribution in [1.82, 2.24) is 9.62 Å². The van der Waals surface area contributed by atoms with Gasteiger partial charge in [-0.2, -0.15) is 0 Å². The maximum absolute atomic E-state index is 12.5. The van der Waals surface area contributed by atoms with Crippen LogP contribution in [0.15, 0.2) is 59.5 Å². The summed E-state index contributed by atoms with van der Waals surface area (Å²) in [6.07, 6.45) is 0.00729. The average molecular weight is 404 g/mol. The third kappa shape index (κ3) is 5.62. The Kier molecular flexibility index (Phi) is 6.79. The number of hydrogen-bond acceptors (Lipinski definition) is 5. The number of carbonyl (C=O) groups is 1. The van der Waals surface area contributed by atoms with Gasteiger partial charge >= 0.3 is 0 Å². The summed E-state index contributed by atoms with van der Waals surface area (Å²) in [6.45, 7) is 4.46. The zero-order valence-corrected chi connectivity index (χ0v) is 16.6. The maximum atomic E-state index is 12.5. The fourth-order valence-electron chi connectivity index (χ4n) is 3.12. The molecule has 1 amide bonds. The van der Waals surface area contributed by atoms with Crippen molar-refractivity contribution in [2.45, 2.75) is 17.9 Å². The van der Waals surface area contributed by atoms with Gasteiger partial charge in [-0.05, 0) is 29.8 Å². The van der Waals surface area contributed by atoms with Gasteiger partial charge in [-0.3, -0.25) is 9.69 Å². The van der Waals surface area contributed by atoms with Crippen LogP contribution in [0.5, 0.6) is 0 Å². The Morgan fingerprint density at radius 1 is 1.14 bits per heavy atom. The van der Waals surface area contributed by atoms with E-state index in [4.69, 9.17) is 4.74 Å². The molecule has 1 atom stereocenters. The van der Waals surface area contributed by atoms with E-state index in [0.717, 1.165) is 18.7 Å². The van der Waals surface area contributed by atoms with Crippen LogP contribution >= 0.6 is 0 Å². The second kappa shape index (κ2) is 9.29. The van der Waals surface area contributed by atoms with E-state index in [-0.39, 0.29) is 16.9 Å². The second-order valence-corrected chi connectivity index (χ2v) is 8.44. The van der Waals surface area contributed by atoms with Crippen LogP contribution in [0.4, 0.5) is 5.69 Å². The molecule has 8 heteroatoms. The van der Waals surface area contributed by atoms with Gasteiger partial charge < -0.3 is 10.1 Å². The summed E-state index contributed by atoms with van der Waals surface area (Å²) < 4.78 is 33.4. The lowest BCUT2D eigenvalue weighted by atomic mass is 10.1. The number of nitrogens with one attached hydrogen (secondary N) is 2. The number of morpholine rings is 1.